The summed E-state index contributed by atoms with van der Waals surface area (Å²) in [6.45, 7) is 2.74. The van der Waals surface area contributed by atoms with E-state index in [9.17, 15) is 22.0 Å². The second kappa shape index (κ2) is 7.06. The molecule has 0 spiro atoms. The van der Waals surface area contributed by atoms with E-state index >= 15 is 0 Å². The minimum Gasteiger partial charge on any atom is -0.445 e. The van der Waals surface area contributed by atoms with Crippen molar-refractivity contribution in [1.29, 1.82) is 0 Å². The number of amides is 1. The summed E-state index contributed by atoms with van der Waals surface area (Å²) in [5, 5.41) is -1.35. The van der Waals surface area contributed by atoms with E-state index in [0.717, 1.165) is 17.0 Å². The number of halogens is 2. The molecule has 1 heterocycles. The normalized spacial score (nSPS) is 23.5. The zero-order valence-corrected chi connectivity index (χ0v) is 14.4. The average molecular weight is 375 g/mol. The molecule has 2 atom stereocenters. The van der Waals surface area contributed by atoms with E-state index in [-0.39, 0.29) is 25.3 Å². The SMILES string of the molecule is C=CCOC(=O)N1C[C@H](S(=O)(=O)NC)[C@](N)(c2ccc(F)cc2F)C1. The van der Waals surface area contributed by atoms with Gasteiger partial charge >= 0.3 is 6.09 Å². The number of nitrogens with one attached hydrogen (secondary N) is 1. The van der Waals surface area contributed by atoms with Gasteiger partial charge in [0.15, 0.2) is 0 Å². The topological polar surface area (TPSA) is 102 Å². The molecule has 0 aromatic heterocycles. The monoisotopic (exact) mass is 375 g/mol. The van der Waals surface area contributed by atoms with Crippen molar-refractivity contribution in [3.63, 3.8) is 0 Å². The molecule has 2 rings (SSSR count). The number of ether oxygens (including phenoxy) is 1. The van der Waals surface area contributed by atoms with Gasteiger partial charge in [0.1, 0.15) is 23.5 Å². The molecule has 1 aliphatic rings. The van der Waals surface area contributed by atoms with Crippen LogP contribution in [0, 0.1) is 11.6 Å². The van der Waals surface area contributed by atoms with Crippen molar-refractivity contribution >= 4 is 16.1 Å². The van der Waals surface area contributed by atoms with Crippen molar-refractivity contribution in [2.24, 2.45) is 5.73 Å². The molecule has 25 heavy (non-hydrogen) atoms. The van der Waals surface area contributed by atoms with E-state index in [1.807, 2.05) is 0 Å². The Morgan fingerprint density at radius 3 is 2.80 bits per heavy atom. The molecule has 0 saturated carbocycles. The minimum atomic E-state index is -3.97. The summed E-state index contributed by atoms with van der Waals surface area (Å²) in [6.07, 6.45) is 0.552. The third-order valence-corrected chi connectivity index (χ3v) is 5.98. The number of hydrogen-bond donors (Lipinski definition) is 2. The lowest BCUT2D eigenvalue weighted by Gasteiger charge is -2.30. The smallest absolute Gasteiger partial charge is 0.410 e. The van der Waals surface area contributed by atoms with E-state index in [4.69, 9.17) is 10.5 Å². The number of hydrogen-bond acceptors (Lipinski definition) is 5. The van der Waals surface area contributed by atoms with Crippen LogP contribution < -0.4 is 10.5 Å². The number of nitrogens with zero attached hydrogens (tertiary/aromatic N) is 1. The van der Waals surface area contributed by atoms with Crippen LogP contribution in [0.2, 0.25) is 0 Å². The predicted molar refractivity (Wildman–Crippen MR) is 87.1 cm³/mol. The molecule has 1 fully saturated rings. The molecule has 3 N–H and O–H groups in total. The molecule has 1 aliphatic heterocycles. The van der Waals surface area contributed by atoms with Crippen LogP contribution in [0.15, 0.2) is 30.9 Å². The first kappa shape index (κ1) is 19.3. The van der Waals surface area contributed by atoms with Crippen LogP contribution in [0.25, 0.3) is 0 Å². The van der Waals surface area contributed by atoms with Gasteiger partial charge in [0, 0.05) is 24.7 Å². The van der Waals surface area contributed by atoms with Gasteiger partial charge in [-0.2, -0.15) is 0 Å². The number of likely N-dealkylation sites (tertiary alicyclic amines) is 1. The highest BCUT2D eigenvalue weighted by atomic mass is 32.2. The van der Waals surface area contributed by atoms with Crippen LogP contribution in [0.3, 0.4) is 0 Å². The van der Waals surface area contributed by atoms with E-state index in [1.54, 1.807) is 0 Å². The Morgan fingerprint density at radius 1 is 1.56 bits per heavy atom. The highest BCUT2D eigenvalue weighted by Crippen LogP contribution is 2.35. The predicted octanol–water partition coefficient (Wildman–Crippen LogP) is 0.675. The third kappa shape index (κ3) is 3.65. The van der Waals surface area contributed by atoms with Gasteiger partial charge in [-0.1, -0.05) is 18.7 Å². The lowest BCUT2D eigenvalue weighted by atomic mass is 9.89. The largest absolute Gasteiger partial charge is 0.445 e. The lowest BCUT2D eigenvalue weighted by Crippen LogP contribution is -2.53. The maximum absolute atomic E-state index is 14.3. The number of carbonyl (C=O) groups is 1. The highest BCUT2D eigenvalue weighted by Gasteiger charge is 2.54. The van der Waals surface area contributed by atoms with E-state index in [0.29, 0.717) is 6.07 Å². The summed E-state index contributed by atoms with van der Waals surface area (Å²) < 4.78 is 59.2. The number of carbonyl (C=O) groups excluding carboxylic acids is 1. The van der Waals surface area contributed by atoms with Crippen molar-refractivity contribution < 1.29 is 26.7 Å². The van der Waals surface area contributed by atoms with Crippen LogP contribution in [0.1, 0.15) is 5.56 Å². The molecular formula is C15H19F2N3O4S. The fourth-order valence-electron chi connectivity index (χ4n) is 2.85. The third-order valence-electron chi connectivity index (χ3n) is 4.09. The molecule has 138 valence electrons. The maximum Gasteiger partial charge on any atom is 0.410 e. The number of rotatable bonds is 5. The highest BCUT2D eigenvalue weighted by molar-refractivity contribution is 7.90. The van der Waals surface area contributed by atoms with Gasteiger partial charge in [-0.05, 0) is 13.1 Å². The first-order valence-electron chi connectivity index (χ1n) is 7.35. The second-order valence-corrected chi connectivity index (χ2v) is 7.72. The van der Waals surface area contributed by atoms with E-state index in [1.165, 1.54) is 13.1 Å². The summed E-state index contributed by atoms with van der Waals surface area (Å²) in [5.41, 5.74) is 4.27. The zero-order chi connectivity index (χ0) is 18.8. The lowest BCUT2D eigenvalue weighted by molar-refractivity contribution is 0.119. The van der Waals surface area contributed by atoms with Crippen LogP contribution in [0.4, 0.5) is 13.6 Å². The fraction of sp³-hybridized carbons (Fsp3) is 0.400. The second-order valence-electron chi connectivity index (χ2n) is 5.65. The summed E-state index contributed by atoms with van der Waals surface area (Å²) in [7, 11) is -2.78. The fourth-order valence-corrected chi connectivity index (χ4v) is 4.26. The Morgan fingerprint density at radius 2 is 2.24 bits per heavy atom. The Hall–Kier alpha value is -2.04. The number of nitrogens with two attached hydrogens (primary N) is 1. The van der Waals surface area contributed by atoms with Crippen LogP contribution in [-0.2, 0) is 20.3 Å². The maximum atomic E-state index is 14.3. The van der Waals surface area contributed by atoms with E-state index in [2.05, 4.69) is 11.3 Å². The Balaban J connectivity index is 2.47. The standard InChI is InChI=1S/C15H19F2N3O4S/c1-3-6-24-14(21)20-8-13(25(22,23)19-2)15(18,9-20)11-5-4-10(16)7-12(11)17/h3-5,7,13,19H,1,6,8-9,18H2,2H3/t13-,15+/m0/s1. The molecule has 1 aromatic carbocycles. The molecule has 1 saturated heterocycles. The Labute approximate surface area is 144 Å². The van der Waals surface area contributed by atoms with Gasteiger partial charge in [-0.3, -0.25) is 0 Å². The van der Waals surface area contributed by atoms with Crippen molar-refractivity contribution in [3.8, 4) is 0 Å². The summed E-state index contributed by atoms with van der Waals surface area (Å²) in [5.74, 6) is -1.81. The Bertz CT molecular complexity index is 787. The number of benzene rings is 1. The zero-order valence-electron chi connectivity index (χ0n) is 13.5. The summed E-state index contributed by atoms with van der Waals surface area (Å²) in [6, 6.07) is 2.68. The molecule has 0 radical (unpaired) electrons. The minimum absolute atomic E-state index is 0.0682. The summed E-state index contributed by atoms with van der Waals surface area (Å²) >= 11 is 0. The number of sulfonamides is 1. The van der Waals surface area contributed by atoms with Gasteiger partial charge in [-0.15, -0.1) is 0 Å². The van der Waals surface area contributed by atoms with Crippen molar-refractivity contribution in [1.82, 2.24) is 9.62 Å². The first-order valence-corrected chi connectivity index (χ1v) is 8.89. The van der Waals surface area contributed by atoms with Crippen molar-refractivity contribution in [2.45, 2.75) is 10.8 Å². The average Bonchev–Trinajstić information content (AvgIpc) is 2.92. The van der Waals surface area contributed by atoms with Crippen LogP contribution >= 0.6 is 0 Å². The molecule has 7 nitrogen and oxygen atoms in total. The summed E-state index contributed by atoms with van der Waals surface area (Å²) in [4.78, 5) is 13.1. The molecule has 1 aromatic rings. The first-order chi connectivity index (χ1) is 11.7. The van der Waals surface area contributed by atoms with Gasteiger partial charge in [0.2, 0.25) is 10.0 Å². The van der Waals surface area contributed by atoms with Crippen molar-refractivity contribution in [3.05, 3.63) is 48.1 Å². The van der Waals surface area contributed by atoms with Crippen molar-refractivity contribution in [2.75, 3.05) is 26.7 Å². The molecule has 1 amide bonds. The van der Waals surface area contributed by atoms with Gasteiger partial charge in [-0.25, -0.2) is 26.7 Å². The molecular weight excluding hydrogens is 356 g/mol. The van der Waals surface area contributed by atoms with Crippen LogP contribution in [0.5, 0.6) is 0 Å². The molecule has 0 aliphatic carbocycles. The van der Waals surface area contributed by atoms with E-state index < -0.39 is 38.5 Å². The van der Waals surface area contributed by atoms with Crippen LogP contribution in [-0.4, -0.2) is 51.4 Å². The Kier molecular flexibility index (Phi) is 5.45. The van der Waals surface area contributed by atoms with Gasteiger partial charge < -0.3 is 15.4 Å². The molecule has 10 heteroatoms. The van der Waals surface area contributed by atoms with Gasteiger partial charge in [0.25, 0.3) is 0 Å². The molecule has 0 unspecified atom stereocenters. The quantitative estimate of drug-likeness (QED) is 0.737. The van der Waals surface area contributed by atoms with Gasteiger partial charge in [0.05, 0.1) is 5.54 Å². The molecule has 0 bridgehead atoms.